The third kappa shape index (κ3) is 5.06. The molecule has 6 nitrogen and oxygen atoms in total. The van der Waals surface area contributed by atoms with Crippen LogP contribution in [0.3, 0.4) is 0 Å². The van der Waals surface area contributed by atoms with Crippen LogP contribution in [0, 0.1) is 0 Å². The number of thioether (sulfide) groups is 1. The van der Waals surface area contributed by atoms with Gasteiger partial charge >= 0.3 is 0 Å². The molecule has 2 heterocycles. The van der Waals surface area contributed by atoms with Crippen LogP contribution in [-0.4, -0.2) is 32.0 Å². The van der Waals surface area contributed by atoms with Crippen LogP contribution in [0.25, 0.3) is 10.9 Å². The lowest BCUT2D eigenvalue weighted by molar-refractivity contribution is -0.119. The Hall–Kier alpha value is -4.23. The summed E-state index contributed by atoms with van der Waals surface area (Å²) in [6.45, 7) is 0. The predicted octanol–water partition coefficient (Wildman–Crippen LogP) is 5.20. The van der Waals surface area contributed by atoms with E-state index in [1.807, 2.05) is 84.9 Å². The van der Waals surface area contributed by atoms with Crippen molar-refractivity contribution >= 4 is 34.4 Å². The topological polar surface area (TPSA) is 76.9 Å². The number of rotatable bonds is 8. The van der Waals surface area contributed by atoms with E-state index >= 15 is 0 Å². The summed E-state index contributed by atoms with van der Waals surface area (Å²) in [5, 5.41) is 4.52. The molecule has 0 radical (unpaired) electrons. The molecule has 0 fully saturated rings. The summed E-state index contributed by atoms with van der Waals surface area (Å²) in [6, 6.07) is 28.8. The van der Waals surface area contributed by atoms with E-state index in [4.69, 9.17) is 4.98 Å². The third-order valence-electron chi connectivity index (χ3n) is 5.88. The Morgan fingerprint density at radius 3 is 2.19 bits per heavy atom. The summed E-state index contributed by atoms with van der Waals surface area (Å²) >= 11 is 1.31. The second-order valence-electron chi connectivity index (χ2n) is 8.33. The van der Waals surface area contributed by atoms with Gasteiger partial charge in [-0.3, -0.25) is 9.59 Å². The van der Waals surface area contributed by atoms with Crippen LogP contribution in [0.1, 0.15) is 33.4 Å². The monoisotopic (exact) mass is 492 g/mol. The number of amides is 1. The van der Waals surface area contributed by atoms with Crippen LogP contribution in [0.5, 0.6) is 0 Å². The molecule has 0 unspecified atom stereocenters. The van der Waals surface area contributed by atoms with E-state index < -0.39 is 0 Å². The van der Waals surface area contributed by atoms with E-state index in [1.165, 1.54) is 11.8 Å². The summed E-state index contributed by atoms with van der Waals surface area (Å²) in [6.07, 6.45) is 3.35. The smallest absolute Gasteiger partial charge is 0.231 e. The zero-order chi connectivity index (χ0) is 24.9. The summed E-state index contributed by atoms with van der Waals surface area (Å²) in [5.74, 6) is 0.219. The van der Waals surface area contributed by atoms with Gasteiger partial charge in [-0.05, 0) is 23.3 Å². The van der Waals surface area contributed by atoms with Gasteiger partial charge in [0.05, 0.1) is 22.3 Å². The maximum Gasteiger partial charge on any atom is 0.231 e. The van der Waals surface area contributed by atoms with E-state index in [0.717, 1.165) is 16.5 Å². The van der Waals surface area contributed by atoms with Gasteiger partial charge in [0.25, 0.3) is 0 Å². The highest BCUT2D eigenvalue weighted by molar-refractivity contribution is 7.99. The van der Waals surface area contributed by atoms with Crippen LogP contribution in [0.2, 0.25) is 0 Å². The van der Waals surface area contributed by atoms with Crippen molar-refractivity contribution in [2.24, 2.45) is 7.05 Å². The number of aromatic nitrogens is 3. The Kier molecular flexibility index (Phi) is 6.91. The molecular weight excluding hydrogens is 468 g/mol. The lowest BCUT2D eigenvalue weighted by atomic mass is 9.99. The van der Waals surface area contributed by atoms with Crippen molar-refractivity contribution in [3.8, 4) is 0 Å². The lowest BCUT2D eigenvalue weighted by Gasteiger charge is -2.20. The minimum Gasteiger partial charge on any atom is -0.344 e. The van der Waals surface area contributed by atoms with Crippen molar-refractivity contribution in [2.45, 2.75) is 11.1 Å². The van der Waals surface area contributed by atoms with Crippen molar-refractivity contribution in [1.29, 1.82) is 0 Å². The predicted molar refractivity (Wildman–Crippen MR) is 142 cm³/mol. The maximum atomic E-state index is 13.3. The van der Waals surface area contributed by atoms with Crippen molar-refractivity contribution in [2.75, 3.05) is 5.75 Å². The molecular formula is C29H24N4O2S. The van der Waals surface area contributed by atoms with E-state index in [-0.39, 0.29) is 23.5 Å². The summed E-state index contributed by atoms with van der Waals surface area (Å²) in [4.78, 5) is 35.2. The van der Waals surface area contributed by atoms with Gasteiger partial charge in [-0.25, -0.2) is 9.97 Å². The Balaban J connectivity index is 1.38. The highest BCUT2D eigenvalue weighted by Gasteiger charge is 2.20. The number of ketones is 1. The lowest BCUT2D eigenvalue weighted by Crippen LogP contribution is -2.30. The van der Waals surface area contributed by atoms with Crippen molar-refractivity contribution in [1.82, 2.24) is 19.9 Å². The summed E-state index contributed by atoms with van der Waals surface area (Å²) < 4.78 is 1.70. The Morgan fingerprint density at radius 1 is 0.917 bits per heavy atom. The Bertz CT molecular complexity index is 1480. The number of carbonyl (C=O) groups excluding carboxylic acids is 2. The fourth-order valence-corrected chi connectivity index (χ4v) is 4.84. The highest BCUT2D eigenvalue weighted by Crippen LogP contribution is 2.27. The van der Waals surface area contributed by atoms with E-state index in [9.17, 15) is 9.59 Å². The number of nitrogens with one attached hydrogen (secondary N) is 1. The number of benzene rings is 3. The zero-order valence-corrected chi connectivity index (χ0v) is 20.5. The third-order valence-corrected chi connectivity index (χ3v) is 6.80. The van der Waals surface area contributed by atoms with Crippen LogP contribution < -0.4 is 5.32 Å². The van der Waals surface area contributed by atoms with Gasteiger partial charge in [0.2, 0.25) is 11.7 Å². The van der Waals surface area contributed by atoms with Gasteiger partial charge in [-0.15, -0.1) is 0 Å². The maximum absolute atomic E-state index is 13.3. The Labute approximate surface area is 213 Å². The highest BCUT2D eigenvalue weighted by atomic mass is 32.2. The number of hydrogen-bond donors (Lipinski definition) is 1. The second-order valence-corrected chi connectivity index (χ2v) is 9.32. The summed E-state index contributed by atoms with van der Waals surface area (Å²) in [5.41, 5.74) is 3.24. The van der Waals surface area contributed by atoms with Crippen LogP contribution >= 0.6 is 11.8 Å². The molecule has 1 N–H and O–H groups in total. The number of pyridine rings is 1. The summed E-state index contributed by atoms with van der Waals surface area (Å²) in [7, 11) is 1.79. The molecule has 0 aliphatic carbocycles. The molecule has 0 atom stereocenters. The van der Waals surface area contributed by atoms with Crippen molar-refractivity contribution in [3.63, 3.8) is 0 Å². The fourth-order valence-electron chi connectivity index (χ4n) is 4.11. The number of imidazole rings is 1. The second kappa shape index (κ2) is 10.6. The first kappa shape index (κ1) is 23.5. The first-order valence-corrected chi connectivity index (χ1v) is 12.5. The zero-order valence-electron chi connectivity index (χ0n) is 19.7. The van der Waals surface area contributed by atoms with Gasteiger partial charge in [-0.2, -0.15) is 0 Å². The van der Waals surface area contributed by atoms with Crippen LogP contribution in [0.15, 0.2) is 108 Å². The molecule has 0 saturated carbocycles. The van der Waals surface area contributed by atoms with Gasteiger partial charge in [0, 0.05) is 30.4 Å². The number of para-hydroxylation sites is 1. The minimum absolute atomic E-state index is 0.121. The van der Waals surface area contributed by atoms with Gasteiger partial charge < -0.3 is 9.88 Å². The molecule has 3 aromatic carbocycles. The number of carbonyl (C=O) groups is 2. The van der Waals surface area contributed by atoms with Crippen molar-refractivity contribution < 1.29 is 9.59 Å². The van der Waals surface area contributed by atoms with Crippen molar-refractivity contribution in [3.05, 3.63) is 126 Å². The van der Waals surface area contributed by atoms with E-state index in [0.29, 0.717) is 21.9 Å². The molecule has 0 aliphatic heterocycles. The molecule has 7 heteroatoms. The molecule has 0 aliphatic rings. The Morgan fingerprint density at radius 2 is 1.56 bits per heavy atom. The number of fused-ring (bicyclic) bond motifs is 1. The molecule has 0 bridgehead atoms. The molecule has 0 spiro atoms. The molecule has 0 saturated heterocycles. The average molecular weight is 493 g/mol. The normalized spacial score (nSPS) is 11.1. The molecule has 36 heavy (non-hydrogen) atoms. The van der Waals surface area contributed by atoms with Gasteiger partial charge in [0.15, 0.2) is 5.82 Å². The first-order valence-electron chi connectivity index (χ1n) is 11.5. The number of nitrogens with zero attached hydrogens (tertiary/aromatic N) is 3. The molecule has 5 rings (SSSR count). The first-order chi connectivity index (χ1) is 17.6. The molecule has 5 aromatic rings. The largest absolute Gasteiger partial charge is 0.344 e. The van der Waals surface area contributed by atoms with Crippen LogP contribution in [-0.2, 0) is 11.8 Å². The fraction of sp³-hybridized carbons (Fsp3) is 0.103. The SMILES string of the molecule is Cn1ccnc1C(=O)c1cc(SCC(=O)NC(c2ccccc2)c2ccccc2)nc2ccccc12. The molecule has 178 valence electrons. The van der Waals surface area contributed by atoms with E-state index in [1.54, 1.807) is 30.1 Å². The average Bonchev–Trinajstić information content (AvgIpc) is 3.36. The van der Waals surface area contributed by atoms with Gasteiger partial charge in [-0.1, -0.05) is 90.6 Å². The standard InChI is InChI=1S/C29H24N4O2S/c1-33-17-16-30-29(33)28(35)23-18-26(31-24-15-9-8-14-22(23)24)36-19-25(34)32-27(20-10-4-2-5-11-20)21-12-6-3-7-13-21/h2-18,27H,19H2,1H3,(H,32,34). The quantitative estimate of drug-likeness (QED) is 0.238. The van der Waals surface area contributed by atoms with Gasteiger partial charge in [0.1, 0.15) is 0 Å². The minimum atomic E-state index is -0.259. The van der Waals surface area contributed by atoms with E-state index in [2.05, 4.69) is 10.3 Å². The molecule has 1 amide bonds. The number of hydrogen-bond acceptors (Lipinski definition) is 5. The number of aryl methyl sites for hydroxylation is 1. The van der Waals surface area contributed by atoms with Crippen LogP contribution in [0.4, 0.5) is 0 Å². The molecule has 2 aromatic heterocycles.